The van der Waals surface area contributed by atoms with Crippen LogP contribution in [0.4, 0.5) is 0 Å². The summed E-state index contributed by atoms with van der Waals surface area (Å²) in [6.45, 7) is 0.619. The molecule has 21 heavy (non-hydrogen) atoms. The Labute approximate surface area is 120 Å². The van der Waals surface area contributed by atoms with E-state index in [2.05, 4.69) is 10.6 Å². The molecule has 0 aliphatic heterocycles. The largest absolute Gasteiger partial charge is 0.480 e. The minimum absolute atomic E-state index is 0.114. The molecule has 3 amide bonds. The lowest BCUT2D eigenvalue weighted by atomic mass is 10.1. The van der Waals surface area contributed by atoms with E-state index < -0.39 is 48.4 Å². The topological polar surface area (TPSA) is 185 Å². The van der Waals surface area contributed by atoms with Crippen LogP contribution >= 0.6 is 0 Å². The number of hydrogen-bond acceptors (Lipinski definition) is 6. The highest BCUT2D eigenvalue weighted by Crippen LogP contribution is 1.99. The number of carbonyl (C=O) groups is 4. The molecule has 0 aliphatic rings. The van der Waals surface area contributed by atoms with Gasteiger partial charge in [-0.2, -0.15) is 0 Å². The highest BCUT2D eigenvalue weighted by atomic mass is 16.4. The quantitative estimate of drug-likeness (QED) is 0.257. The van der Waals surface area contributed by atoms with Crippen LogP contribution in [0.3, 0.4) is 0 Å². The van der Waals surface area contributed by atoms with Gasteiger partial charge in [0, 0.05) is 6.42 Å². The Balaban J connectivity index is 4.79. The third-order valence-corrected chi connectivity index (χ3v) is 2.58. The summed E-state index contributed by atoms with van der Waals surface area (Å²) in [5, 5.41) is 21.9. The molecule has 0 aliphatic carbocycles. The second-order valence-electron chi connectivity index (χ2n) is 4.42. The number of amides is 3. The Hall–Kier alpha value is -2.20. The van der Waals surface area contributed by atoms with Crippen molar-refractivity contribution in [2.75, 3.05) is 6.61 Å². The van der Waals surface area contributed by atoms with Gasteiger partial charge in [-0.1, -0.05) is 0 Å². The Morgan fingerprint density at radius 2 is 1.71 bits per heavy atom. The van der Waals surface area contributed by atoms with Crippen molar-refractivity contribution in [3.05, 3.63) is 0 Å². The number of carboxylic acid groups (broad SMARTS) is 1. The van der Waals surface area contributed by atoms with Crippen LogP contribution in [0.2, 0.25) is 0 Å². The summed E-state index contributed by atoms with van der Waals surface area (Å²) in [5.74, 6) is -3.52. The fourth-order valence-electron chi connectivity index (χ4n) is 1.29. The Morgan fingerprint density at radius 1 is 1.14 bits per heavy atom. The fourth-order valence-corrected chi connectivity index (χ4v) is 1.29. The third-order valence-electron chi connectivity index (χ3n) is 2.58. The second-order valence-corrected chi connectivity index (χ2v) is 4.42. The molecule has 0 aromatic heterocycles. The lowest BCUT2D eigenvalue weighted by molar-refractivity contribution is -0.141. The maximum Gasteiger partial charge on any atom is 0.325 e. The van der Waals surface area contributed by atoms with Gasteiger partial charge in [-0.3, -0.25) is 19.2 Å². The molecule has 8 N–H and O–H groups in total. The van der Waals surface area contributed by atoms with Crippen molar-refractivity contribution >= 4 is 23.7 Å². The summed E-state index contributed by atoms with van der Waals surface area (Å²) in [7, 11) is 0. The molecule has 10 nitrogen and oxygen atoms in total. The van der Waals surface area contributed by atoms with Gasteiger partial charge in [-0.05, 0) is 13.3 Å². The molecule has 120 valence electrons. The summed E-state index contributed by atoms with van der Waals surface area (Å²) in [4.78, 5) is 44.8. The van der Waals surface area contributed by atoms with Gasteiger partial charge in [0.25, 0.3) is 0 Å². The van der Waals surface area contributed by atoms with Crippen LogP contribution in [0.1, 0.15) is 19.8 Å². The molecule has 0 aromatic carbocycles. The lowest BCUT2D eigenvalue weighted by Gasteiger charge is -2.20. The molecule has 0 spiro atoms. The number of carbonyl (C=O) groups excluding carboxylic acids is 3. The predicted octanol–water partition coefficient (Wildman–Crippen LogP) is -3.35. The summed E-state index contributed by atoms with van der Waals surface area (Å²) in [5.41, 5.74) is 10.3. The van der Waals surface area contributed by atoms with Crippen molar-refractivity contribution in [3.8, 4) is 0 Å². The average molecular weight is 304 g/mol. The van der Waals surface area contributed by atoms with E-state index in [0.29, 0.717) is 0 Å². The molecule has 0 radical (unpaired) electrons. The average Bonchev–Trinajstić information content (AvgIpc) is 2.41. The second kappa shape index (κ2) is 8.87. The zero-order valence-corrected chi connectivity index (χ0v) is 11.5. The summed E-state index contributed by atoms with van der Waals surface area (Å²) in [6, 6.07) is -3.58. The highest BCUT2D eigenvalue weighted by Gasteiger charge is 2.26. The molecule has 3 atom stereocenters. The van der Waals surface area contributed by atoms with Crippen molar-refractivity contribution in [1.29, 1.82) is 0 Å². The van der Waals surface area contributed by atoms with Crippen molar-refractivity contribution < 1.29 is 29.4 Å². The van der Waals surface area contributed by atoms with Crippen molar-refractivity contribution in [2.24, 2.45) is 11.5 Å². The van der Waals surface area contributed by atoms with Gasteiger partial charge in [-0.15, -0.1) is 0 Å². The lowest BCUT2D eigenvalue weighted by Crippen LogP contribution is -2.54. The number of primary amides is 1. The van der Waals surface area contributed by atoms with E-state index >= 15 is 0 Å². The molecule has 0 saturated carbocycles. The normalized spacial score (nSPS) is 14.6. The zero-order chi connectivity index (χ0) is 16.6. The van der Waals surface area contributed by atoms with Crippen LogP contribution in [0.5, 0.6) is 0 Å². The standard InChI is InChI=1S/C11H20N4O6/c1-5(11(20)21)14-10(19)7(2-3-8(13)17)15-9(18)6(12)4-16/h5-7,16H,2-4,12H2,1H3,(H2,13,17)(H,14,19)(H,15,18)(H,20,21). The van der Waals surface area contributed by atoms with Gasteiger partial charge < -0.3 is 32.3 Å². The molecule has 0 heterocycles. The van der Waals surface area contributed by atoms with E-state index in [1.807, 2.05) is 0 Å². The van der Waals surface area contributed by atoms with Crippen LogP contribution < -0.4 is 22.1 Å². The third kappa shape index (κ3) is 7.22. The number of aliphatic carboxylic acids is 1. The first-order valence-electron chi connectivity index (χ1n) is 6.17. The minimum atomic E-state index is -1.25. The van der Waals surface area contributed by atoms with Crippen molar-refractivity contribution in [3.63, 3.8) is 0 Å². The van der Waals surface area contributed by atoms with Crippen LogP contribution in [0.25, 0.3) is 0 Å². The number of hydrogen-bond donors (Lipinski definition) is 6. The van der Waals surface area contributed by atoms with E-state index in [-0.39, 0.29) is 12.8 Å². The molecule has 10 heteroatoms. The molecular formula is C11H20N4O6. The first-order chi connectivity index (χ1) is 9.68. The van der Waals surface area contributed by atoms with Gasteiger partial charge in [0.1, 0.15) is 18.1 Å². The summed E-state index contributed by atoms with van der Waals surface area (Å²) in [6.07, 6.45) is -0.300. The monoisotopic (exact) mass is 304 g/mol. The van der Waals surface area contributed by atoms with Gasteiger partial charge >= 0.3 is 5.97 Å². The Bertz CT molecular complexity index is 414. The van der Waals surface area contributed by atoms with Crippen LogP contribution in [-0.4, -0.2) is 58.6 Å². The van der Waals surface area contributed by atoms with Gasteiger partial charge in [-0.25, -0.2) is 0 Å². The van der Waals surface area contributed by atoms with Crippen molar-refractivity contribution in [2.45, 2.75) is 37.9 Å². The number of nitrogens with two attached hydrogens (primary N) is 2. The first kappa shape index (κ1) is 18.8. The molecule has 3 unspecified atom stereocenters. The van der Waals surface area contributed by atoms with Crippen molar-refractivity contribution in [1.82, 2.24) is 10.6 Å². The van der Waals surface area contributed by atoms with E-state index in [0.717, 1.165) is 0 Å². The van der Waals surface area contributed by atoms with Gasteiger partial charge in [0.15, 0.2) is 0 Å². The molecule has 0 rings (SSSR count). The SMILES string of the molecule is CC(NC(=O)C(CCC(N)=O)NC(=O)C(N)CO)C(=O)O. The Morgan fingerprint density at radius 3 is 2.14 bits per heavy atom. The van der Waals surface area contributed by atoms with Crippen LogP contribution in [0.15, 0.2) is 0 Å². The fraction of sp³-hybridized carbons (Fsp3) is 0.636. The minimum Gasteiger partial charge on any atom is -0.480 e. The van der Waals surface area contributed by atoms with Gasteiger partial charge in [0.05, 0.1) is 6.61 Å². The molecule has 0 fully saturated rings. The molecular weight excluding hydrogens is 284 g/mol. The maximum absolute atomic E-state index is 11.9. The van der Waals surface area contributed by atoms with E-state index in [1.54, 1.807) is 0 Å². The number of carboxylic acids is 1. The number of aliphatic hydroxyl groups excluding tert-OH is 1. The highest BCUT2D eigenvalue weighted by molar-refractivity contribution is 5.92. The van der Waals surface area contributed by atoms with E-state index in [1.165, 1.54) is 6.92 Å². The predicted molar refractivity (Wildman–Crippen MR) is 70.7 cm³/mol. The maximum atomic E-state index is 11.9. The van der Waals surface area contributed by atoms with E-state index in [4.69, 9.17) is 21.7 Å². The van der Waals surface area contributed by atoms with Gasteiger partial charge in [0.2, 0.25) is 17.7 Å². The number of aliphatic hydroxyl groups is 1. The summed E-state index contributed by atoms with van der Waals surface area (Å²) < 4.78 is 0. The molecule has 0 bridgehead atoms. The van der Waals surface area contributed by atoms with Crippen LogP contribution in [0, 0.1) is 0 Å². The zero-order valence-electron chi connectivity index (χ0n) is 11.5. The molecule has 0 aromatic rings. The smallest absolute Gasteiger partial charge is 0.325 e. The first-order valence-corrected chi connectivity index (χ1v) is 6.17. The molecule has 0 saturated heterocycles. The number of rotatable bonds is 9. The number of nitrogens with one attached hydrogen (secondary N) is 2. The Kier molecular flexibility index (Phi) is 7.94. The summed E-state index contributed by atoms with van der Waals surface area (Å²) >= 11 is 0. The van der Waals surface area contributed by atoms with E-state index in [9.17, 15) is 19.2 Å². The van der Waals surface area contributed by atoms with Crippen LogP contribution in [-0.2, 0) is 19.2 Å².